The number of nitrogens with zero attached hydrogens (tertiary/aromatic N) is 1. The van der Waals surface area contributed by atoms with E-state index in [1.54, 1.807) is 12.4 Å². The van der Waals surface area contributed by atoms with Crippen LogP contribution in [0.15, 0.2) is 18.5 Å². The summed E-state index contributed by atoms with van der Waals surface area (Å²) in [6.07, 6.45) is 3.42. The van der Waals surface area contributed by atoms with Crippen LogP contribution in [0.25, 0.3) is 0 Å². The van der Waals surface area contributed by atoms with Gasteiger partial charge < -0.3 is 11.1 Å². The topological polar surface area (TPSA) is 50.9 Å². The van der Waals surface area contributed by atoms with Gasteiger partial charge >= 0.3 is 0 Å². The first-order valence-electron chi connectivity index (χ1n) is 4.42. The fourth-order valence-corrected chi connectivity index (χ4v) is 0.922. The van der Waals surface area contributed by atoms with Gasteiger partial charge in [0.25, 0.3) is 0 Å². The van der Waals surface area contributed by atoms with Crippen LogP contribution in [0.5, 0.6) is 0 Å². The molecule has 0 fully saturated rings. The molecule has 0 aliphatic rings. The Morgan fingerprint density at radius 1 is 1.38 bits per heavy atom. The van der Waals surface area contributed by atoms with Gasteiger partial charge in [-0.2, -0.15) is 0 Å². The maximum Gasteiger partial charge on any atom is 0.0547 e. The smallest absolute Gasteiger partial charge is 0.0547 e. The van der Waals surface area contributed by atoms with Crippen molar-refractivity contribution in [3.63, 3.8) is 0 Å². The number of hydrogen-bond donors (Lipinski definition) is 2. The molecule has 3 heteroatoms. The summed E-state index contributed by atoms with van der Waals surface area (Å²) in [6.45, 7) is 7.46. The monoisotopic (exact) mass is 179 g/mol. The van der Waals surface area contributed by atoms with Crippen molar-refractivity contribution in [2.24, 2.45) is 5.41 Å². The van der Waals surface area contributed by atoms with Gasteiger partial charge in [0.2, 0.25) is 0 Å². The zero-order valence-corrected chi connectivity index (χ0v) is 8.46. The molecule has 1 aromatic heterocycles. The second kappa shape index (κ2) is 3.64. The SMILES string of the molecule is CC(C)(C)CNc1cncc(N)c1. The van der Waals surface area contributed by atoms with Gasteiger partial charge in [-0.25, -0.2) is 0 Å². The van der Waals surface area contributed by atoms with E-state index in [4.69, 9.17) is 5.73 Å². The number of hydrogen-bond acceptors (Lipinski definition) is 3. The molecule has 1 heterocycles. The summed E-state index contributed by atoms with van der Waals surface area (Å²) < 4.78 is 0. The van der Waals surface area contributed by atoms with Gasteiger partial charge in [0.15, 0.2) is 0 Å². The minimum atomic E-state index is 0.268. The van der Waals surface area contributed by atoms with E-state index >= 15 is 0 Å². The van der Waals surface area contributed by atoms with Crippen molar-refractivity contribution < 1.29 is 0 Å². The van der Waals surface area contributed by atoms with Crippen LogP contribution >= 0.6 is 0 Å². The molecule has 1 aromatic rings. The first kappa shape index (κ1) is 9.84. The average Bonchev–Trinajstić information content (AvgIpc) is 2.00. The number of pyridine rings is 1. The summed E-state index contributed by atoms with van der Waals surface area (Å²) in [7, 11) is 0. The molecule has 0 amide bonds. The Morgan fingerprint density at radius 3 is 2.62 bits per heavy atom. The van der Waals surface area contributed by atoms with Crippen LogP contribution in [0, 0.1) is 5.41 Å². The van der Waals surface area contributed by atoms with Gasteiger partial charge in [0.05, 0.1) is 17.6 Å². The predicted molar refractivity (Wildman–Crippen MR) is 56.6 cm³/mol. The minimum Gasteiger partial charge on any atom is -0.397 e. The van der Waals surface area contributed by atoms with Gasteiger partial charge in [-0.05, 0) is 11.5 Å². The highest BCUT2D eigenvalue weighted by Gasteiger charge is 2.09. The van der Waals surface area contributed by atoms with Gasteiger partial charge in [0.1, 0.15) is 0 Å². The predicted octanol–water partition coefficient (Wildman–Crippen LogP) is 2.12. The highest BCUT2D eigenvalue weighted by Crippen LogP contribution is 2.15. The van der Waals surface area contributed by atoms with E-state index in [1.165, 1.54) is 0 Å². The molecule has 0 saturated carbocycles. The zero-order valence-electron chi connectivity index (χ0n) is 8.46. The highest BCUT2D eigenvalue weighted by molar-refractivity contribution is 5.51. The second-order valence-corrected chi connectivity index (χ2v) is 4.42. The Morgan fingerprint density at radius 2 is 2.08 bits per heavy atom. The first-order valence-corrected chi connectivity index (χ1v) is 4.42. The number of anilines is 2. The molecular weight excluding hydrogens is 162 g/mol. The third kappa shape index (κ3) is 3.78. The van der Waals surface area contributed by atoms with Crippen LogP contribution in [0.2, 0.25) is 0 Å². The molecule has 0 saturated heterocycles. The van der Waals surface area contributed by atoms with E-state index in [2.05, 4.69) is 31.1 Å². The highest BCUT2D eigenvalue weighted by atomic mass is 14.9. The number of nitrogens with one attached hydrogen (secondary N) is 1. The molecule has 13 heavy (non-hydrogen) atoms. The molecule has 0 spiro atoms. The molecule has 0 radical (unpaired) electrons. The van der Waals surface area contributed by atoms with E-state index in [1.807, 2.05) is 6.07 Å². The Hall–Kier alpha value is -1.25. The maximum absolute atomic E-state index is 5.60. The van der Waals surface area contributed by atoms with Crippen LogP contribution in [-0.2, 0) is 0 Å². The summed E-state index contributed by atoms with van der Waals surface area (Å²) in [5, 5.41) is 3.28. The Kier molecular flexibility index (Phi) is 2.76. The van der Waals surface area contributed by atoms with Crippen molar-refractivity contribution in [3.8, 4) is 0 Å². The number of rotatable bonds is 2. The zero-order chi connectivity index (χ0) is 9.90. The largest absolute Gasteiger partial charge is 0.397 e. The molecule has 0 atom stereocenters. The van der Waals surface area contributed by atoms with E-state index < -0.39 is 0 Å². The third-order valence-electron chi connectivity index (χ3n) is 1.58. The van der Waals surface area contributed by atoms with Crippen LogP contribution in [0.1, 0.15) is 20.8 Å². The Labute approximate surface area is 79.4 Å². The Balaban J connectivity index is 2.55. The first-order chi connectivity index (χ1) is 5.97. The summed E-state index contributed by atoms with van der Waals surface area (Å²) >= 11 is 0. The molecule has 0 aliphatic heterocycles. The van der Waals surface area contributed by atoms with Crippen molar-refractivity contribution in [2.75, 3.05) is 17.6 Å². The van der Waals surface area contributed by atoms with Crippen LogP contribution in [0.4, 0.5) is 11.4 Å². The van der Waals surface area contributed by atoms with Crippen LogP contribution in [0.3, 0.4) is 0 Å². The lowest BCUT2D eigenvalue weighted by Gasteiger charge is -2.19. The van der Waals surface area contributed by atoms with E-state index in [0.29, 0.717) is 5.69 Å². The second-order valence-electron chi connectivity index (χ2n) is 4.42. The van der Waals surface area contributed by atoms with Crippen molar-refractivity contribution in [3.05, 3.63) is 18.5 Å². The fourth-order valence-electron chi connectivity index (χ4n) is 0.922. The summed E-state index contributed by atoms with van der Waals surface area (Å²) in [5.74, 6) is 0. The molecule has 0 unspecified atom stereocenters. The van der Waals surface area contributed by atoms with Crippen molar-refractivity contribution in [1.29, 1.82) is 0 Å². The van der Waals surface area contributed by atoms with Crippen LogP contribution < -0.4 is 11.1 Å². The fraction of sp³-hybridized carbons (Fsp3) is 0.500. The van der Waals surface area contributed by atoms with E-state index in [-0.39, 0.29) is 5.41 Å². The molecule has 1 rings (SSSR count). The van der Waals surface area contributed by atoms with Crippen molar-refractivity contribution in [1.82, 2.24) is 4.98 Å². The molecule has 3 nitrogen and oxygen atoms in total. The van der Waals surface area contributed by atoms with Crippen LogP contribution in [-0.4, -0.2) is 11.5 Å². The lowest BCUT2D eigenvalue weighted by Crippen LogP contribution is -2.19. The van der Waals surface area contributed by atoms with E-state index in [9.17, 15) is 0 Å². The van der Waals surface area contributed by atoms with E-state index in [0.717, 1.165) is 12.2 Å². The van der Waals surface area contributed by atoms with Crippen molar-refractivity contribution in [2.45, 2.75) is 20.8 Å². The molecule has 0 aliphatic carbocycles. The summed E-state index contributed by atoms with van der Waals surface area (Å²) in [6, 6.07) is 1.89. The number of nitrogen functional groups attached to an aromatic ring is 1. The normalized spacial score (nSPS) is 11.3. The number of nitrogens with two attached hydrogens (primary N) is 1. The lowest BCUT2D eigenvalue weighted by atomic mass is 9.97. The molecule has 3 N–H and O–H groups in total. The Bertz CT molecular complexity index is 276. The lowest BCUT2D eigenvalue weighted by molar-refractivity contribution is 0.443. The third-order valence-corrected chi connectivity index (χ3v) is 1.58. The van der Waals surface area contributed by atoms with Gasteiger partial charge in [-0.3, -0.25) is 4.98 Å². The molecule has 72 valence electrons. The molecular formula is C10H17N3. The molecule has 0 bridgehead atoms. The standard InChI is InChI=1S/C10H17N3/c1-10(2,3)7-13-9-4-8(11)5-12-6-9/h4-6,13H,7,11H2,1-3H3. The molecule has 0 aromatic carbocycles. The summed E-state index contributed by atoms with van der Waals surface area (Å²) in [5.41, 5.74) is 7.54. The van der Waals surface area contributed by atoms with Crippen molar-refractivity contribution >= 4 is 11.4 Å². The average molecular weight is 179 g/mol. The number of aromatic nitrogens is 1. The van der Waals surface area contributed by atoms with Gasteiger partial charge in [-0.15, -0.1) is 0 Å². The van der Waals surface area contributed by atoms with Gasteiger partial charge in [-0.1, -0.05) is 20.8 Å². The summed E-state index contributed by atoms with van der Waals surface area (Å²) in [4.78, 5) is 4.00. The maximum atomic E-state index is 5.60. The quantitative estimate of drug-likeness (QED) is 0.731. The van der Waals surface area contributed by atoms with Gasteiger partial charge in [0, 0.05) is 12.7 Å². The minimum absolute atomic E-state index is 0.268.